The molecule has 0 spiro atoms. The average molecular weight is 329 g/mol. The lowest BCUT2D eigenvalue weighted by Gasteiger charge is -2.23. The van der Waals surface area contributed by atoms with Gasteiger partial charge >= 0.3 is 0 Å². The van der Waals surface area contributed by atoms with E-state index < -0.39 is 0 Å². The maximum Gasteiger partial charge on any atom is 0.257 e. The molecule has 2 rings (SSSR count). The first-order valence-corrected chi connectivity index (χ1v) is 7.30. The highest BCUT2D eigenvalue weighted by Crippen LogP contribution is 2.31. The van der Waals surface area contributed by atoms with E-state index in [1.807, 2.05) is 29.2 Å². The number of carbonyl (C=O) groups is 1. The Morgan fingerprint density at radius 3 is 2.73 bits per heavy atom. The van der Waals surface area contributed by atoms with Crippen LogP contribution in [0.3, 0.4) is 0 Å². The summed E-state index contributed by atoms with van der Waals surface area (Å²) in [5.74, 6) is 0.626. The van der Waals surface area contributed by atoms with Crippen molar-refractivity contribution in [1.29, 1.82) is 0 Å². The Balaban J connectivity index is 0.00000242. The molecule has 6 heteroatoms. The van der Waals surface area contributed by atoms with Crippen molar-refractivity contribution in [3.63, 3.8) is 0 Å². The van der Waals surface area contributed by atoms with Crippen molar-refractivity contribution in [2.24, 2.45) is 11.1 Å². The third kappa shape index (κ3) is 4.35. The number of para-hydroxylation sites is 1. The minimum absolute atomic E-state index is 0. The van der Waals surface area contributed by atoms with Gasteiger partial charge in [0.25, 0.3) is 5.91 Å². The average Bonchev–Trinajstić information content (AvgIpc) is 2.91. The smallest absolute Gasteiger partial charge is 0.257 e. The number of nitrogens with two attached hydrogens (primary N) is 1. The van der Waals surface area contributed by atoms with Gasteiger partial charge in [-0.3, -0.25) is 4.79 Å². The van der Waals surface area contributed by atoms with Crippen molar-refractivity contribution in [2.75, 3.05) is 40.0 Å². The molecule has 1 fully saturated rings. The summed E-state index contributed by atoms with van der Waals surface area (Å²) in [6.07, 6.45) is 0.946. The number of hydrogen-bond acceptors (Lipinski definition) is 4. The zero-order valence-electron chi connectivity index (χ0n) is 13.2. The highest BCUT2D eigenvalue weighted by Gasteiger charge is 2.35. The number of ether oxygens (including phenoxy) is 2. The highest BCUT2D eigenvalue weighted by molar-refractivity contribution is 5.97. The molecule has 1 amide bonds. The second kappa shape index (κ2) is 8.36. The number of nitrogens with zero attached hydrogens (tertiary/aromatic N) is 1. The molecule has 1 aliphatic heterocycles. The number of hydrogen-bond donors (Lipinski definition) is 1. The molecule has 1 heterocycles. The van der Waals surface area contributed by atoms with Crippen molar-refractivity contribution in [1.82, 2.24) is 4.90 Å². The number of halogens is 1. The lowest BCUT2D eigenvalue weighted by atomic mass is 9.90. The summed E-state index contributed by atoms with van der Waals surface area (Å²) >= 11 is 0. The van der Waals surface area contributed by atoms with E-state index in [4.69, 9.17) is 15.2 Å². The first-order chi connectivity index (χ1) is 10.1. The summed E-state index contributed by atoms with van der Waals surface area (Å²) in [5, 5.41) is 0. The van der Waals surface area contributed by atoms with Crippen LogP contribution in [0, 0.1) is 5.41 Å². The van der Waals surface area contributed by atoms with Gasteiger partial charge in [-0.25, -0.2) is 0 Å². The molecule has 0 aromatic heterocycles. The third-order valence-corrected chi connectivity index (χ3v) is 4.00. The van der Waals surface area contributed by atoms with Gasteiger partial charge in [-0.1, -0.05) is 19.1 Å². The van der Waals surface area contributed by atoms with Crippen molar-refractivity contribution in [3.8, 4) is 5.75 Å². The van der Waals surface area contributed by atoms with Crippen LogP contribution in [0.5, 0.6) is 5.75 Å². The molecule has 5 nitrogen and oxygen atoms in total. The highest BCUT2D eigenvalue weighted by atomic mass is 35.5. The van der Waals surface area contributed by atoms with E-state index in [2.05, 4.69) is 6.92 Å². The summed E-state index contributed by atoms with van der Waals surface area (Å²) in [4.78, 5) is 14.5. The van der Waals surface area contributed by atoms with Crippen LogP contribution < -0.4 is 10.5 Å². The third-order valence-electron chi connectivity index (χ3n) is 4.00. The number of amides is 1. The fraction of sp³-hybridized carbons (Fsp3) is 0.562. The van der Waals surface area contributed by atoms with Gasteiger partial charge in [-0.05, 0) is 30.5 Å². The molecule has 1 aliphatic rings. The Bertz CT molecular complexity index is 498. The van der Waals surface area contributed by atoms with E-state index in [1.165, 1.54) is 0 Å². The predicted octanol–water partition coefficient (Wildman–Crippen LogP) is 1.94. The second-order valence-corrected chi connectivity index (χ2v) is 5.83. The molecule has 1 saturated heterocycles. The summed E-state index contributed by atoms with van der Waals surface area (Å²) in [7, 11) is 1.62. The zero-order chi connectivity index (χ0) is 15.3. The van der Waals surface area contributed by atoms with Crippen LogP contribution in [-0.2, 0) is 4.74 Å². The van der Waals surface area contributed by atoms with Crippen molar-refractivity contribution in [3.05, 3.63) is 29.8 Å². The Labute approximate surface area is 138 Å². The van der Waals surface area contributed by atoms with E-state index >= 15 is 0 Å². The van der Waals surface area contributed by atoms with Gasteiger partial charge in [-0.15, -0.1) is 12.4 Å². The van der Waals surface area contributed by atoms with Gasteiger partial charge in [0.05, 0.1) is 12.2 Å². The maximum atomic E-state index is 12.7. The summed E-state index contributed by atoms with van der Waals surface area (Å²) in [6.45, 7) is 5.11. The molecule has 0 radical (unpaired) electrons. The van der Waals surface area contributed by atoms with E-state index in [1.54, 1.807) is 7.11 Å². The van der Waals surface area contributed by atoms with Crippen LogP contribution in [0.4, 0.5) is 0 Å². The molecular formula is C16H25ClN2O3. The Morgan fingerprint density at radius 2 is 2.09 bits per heavy atom. The fourth-order valence-corrected chi connectivity index (χ4v) is 2.54. The Hall–Kier alpha value is -1.30. The Kier molecular flexibility index (Phi) is 7.13. The van der Waals surface area contributed by atoms with Crippen LogP contribution in [0.2, 0.25) is 0 Å². The topological polar surface area (TPSA) is 64.8 Å². The molecule has 0 aliphatic carbocycles. The standard InChI is InChI=1S/C16H24N2O3.ClH/c1-16(11-17)7-8-18(12-16)15(19)13-5-3-4-6-14(13)21-10-9-20-2;/h3-6H,7-12,17H2,1-2H3;1H. The normalized spacial score (nSPS) is 20.6. The van der Waals surface area contributed by atoms with Crippen LogP contribution in [0.15, 0.2) is 24.3 Å². The number of likely N-dealkylation sites (tertiary alicyclic amines) is 1. The van der Waals surface area contributed by atoms with Crippen LogP contribution in [-0.4, -0.2) is 50.8 Å². The largest absolute Gasteiger partial charge is 0.490 e. The van der Waals surface area contributed by atoms with Gasteiger partial charge in [0.2, 0.25) is 0 Å². The molecule has 1 aromatic rings. The van der Waals surface area contributed by atoms with Gasteiger partial charge in [0.1, 0.15) is 12.4 Å². The number of carbonyl (C=O) groups excluding carboxylic acids is 1. The number of methoxy groups -OCH3 is 1. The molecule has 1 atom stereocenters. The molecule has 2 N–H and O–H groups in total. The maximum absolute atomic E-state index is 12.7. The minimum atomic E-state index is 0. The molecule has 22 heavy (non-hydrogen) atoms. The van der Waals surface area contributed by atoms with E-state index in [0.29, 0.717) is 37.6 Å². The van der Waals surface area contributed by atoms with E-state index in [-0.39, 0.29) is 23.7 Å². The van der Waals surface area contributed by atoms with Crippen LogP contribution in [0.25, 0.3) is 0 Å². The van der Waals surface area contributed by atoms with Crippen LogP contribution in [0.1, 0.15) is 23.7 Å². The summed E-state index contributed by atoms with van der Waals surface area (Å²) in [5.41, 5.74) is 6.44. The van der Waals surface area contributed by atoms with Crippen molar-refractivity contribution >= 4 is 18.3 Å². The molecule has 124 valence electrons. The fourth-order valence-electron chi connectivity index (χ4n) is 2.54. The van der Waals surface area contributed by atoms with Crippen molar-refractivity contribution in [2.45, 2.75) is 13.3 Å². The van der Waals surface area contributed by atoms with Gasteiger partial charge in [0.15, 0.2) is 0 Å². The van der Waals surface area contributed by atoms with Crippen LogP contribution >= 0.6 is 12.4 Å². The zero-order valence-corrected chi connectivity index (χ0v) is 14.0. The monoisotopic (exact) mass is 328 g/mol. The van der Waals surface area contributed by atoms with E-state index in [0.717, 1.165) is 13.0 Å². The Morgan fingerprint density at radius 1 is 1.36 bits per heavy atom. The summed E-state index contributed by atoms with van der Waals surface area (Å²) in [6, 6.07) is 7.35. The molecule has 1 unspecified atom stereocenters. The SMILES string of the molecule is COCCOc1ccccc1C(=O)N1CCC(C)(CN)C1.Cl. The van der Waals surface area contributed by atoms with Gasteiger partial charge < -0.3 is 20.1 Å². The number of benzene rings is 1. The molecule has 0 saturated carbocycles. The molecule has 1 aromatic carbocycles. The lowest BCUT2D eigenvalue weighted by molar-refractivity contribution is 0.0769. The molecule has 0 bridgehead atoms. The van der Waals surface area contributed by atoms with Gasteiger partial charge in [-0.2, -0.15) is 0 Å². The van der Waals surface area contributed by atoms with E-state index in [9.17, 15) is 4.79 Å². The lowest BCUT2D eigenvalue weighted by Crippen LogP contribution is -2.34. The van der Waals surface area contributed by atoms with Crippen molar-refractivity contribution < 1.29 is 14.3 Å². The summed E-state index contributed by atoms with van der Waals surface area (Å²) < 4.78 is 10.6. The first-order valence-electron chi connectivity index (χ1n) is 7.30. The molecular weight excluding hydrogens is 304 g/mol. The number of rotatable bonds is 6. The second-order valence-electron chi connectivity index (χ2n) is 5.83. The predicted molar refractivity (Wildman–Crippen MR) is 88.7 cm³/mol. The first kappa shape index (κ1) is 18.7. The quantitative estimate of drug-likeness (QED) is 0.811. The minimum Gasteiger partial charge on any atom is -0.490 e. The van der Waals surface area contributed by atoms with Gasteiger partial charge in [0, 0.05) is 20.2 Å².